The molecule has 2 aliphatic rings. The quantitative estimate of drug-likeness (QED) is 0.612. The van der Waals surface area contributed by atoms with Gasteiger partial charge < -0.3 is 9.80 Å². The van der Waals surface area contributed by atoms with Gasteiger partial charge in [0, 0.05) is 43.0 Å². The summed E-state index contributed by atoms with van der Waals surface area (Å²) in [6, 6.07) is 16.3. The minimum Gasteiger partial charge on any atom is -0.370 e. The Balaban J connectivity index is 1.50. The van der Waals surface area contributed by atoms with Gasteiger partial charge in [0.2, 0.25) is 0 Å². The number of non-ortho nitro benzene ring substituents is 1. The van der Waals surface area contributed by atoms with Crippen LogP contribution in [0.5, 0.6) is 0 Å². The van der Waals surface area contributed by atoms with Crippen molar-refractivity contribution >= 4 is 17.1 Å². The van der Waals surface area contributed by atoms with Crippen LogP contribution in [0.2, 0.25) is 0 Å². The summed E-state index contributed by atoms with van der Waals surface area (Å²) in [6.45, 7) is 3.99. The lowest BCUT2D eigenvalue weighted by molar-refractivity contribution is -0.384. The first kappa shape index (κ1) is 17.3. The number of nitro benzene ring substituents is 1. The second kappa shape index (κ2) is 6.92. The van der Waals surface area contributed by atoms with E-state index in [2.05, 4.69) is 47.1 Å². The average Bonchev–Trinajstić information content (AvgIpc) is 3.03. The third-order valence-corrected chi connectivity index (χ3v) is 5.77. The molecule has 2 aromatic rings. The monoisotopic (exact) mass is 362 g/mol. The fourth-order valence-electron chi connectivity index (χ4n) is 4.53. The first-order valence-corrected chi connectivity index (χ1v) is 9.38. The number of rotatable bonds is 3. The normalized spacial score (nSPS) is 19.6. The molecule has 2 aliphatic heterocycles. The van der Waals surface area contributed by atoms with Crippen LogP contribution in [0.3, 0.4) is 0 Å². The van der Waals surface area contributed by atoms with Crippen molar-refractivity contribution in [2.24, 2.45) is 0 Å². The van der Waals surface area contributed by atoms with Gasteiger partial charge in [-0.25, -0.2) is 0 Å². The Kier molecular flexibility index (Phi) is 4.44. The topological polar surface area (TPSA) is 73.4 Å². The van der Waals surface area contributed by atoms with Gasteiger partial charge >= 0.3 is 0 Å². The number of para-hydroxylation sites is 1. The molecule has 6 nitrogen and oxygen atoms in total. The lowest BCUT2D eigenvalue weighted by atomic mass is 10.00. The highest BCUT2D eigenvalue weighted by atomic mass is 16.6. The molecule has 4 rings (SSSR count). The largest absolute Gasteiger partial charge is 0.370 e. The van der Waals surface area contributed by atoms with Crippen molar-refractivity contribution in [3.63, 3.8) is 0 Å². The van der Waals surface area contributed by atoms with Crippen molar-refractivity contribution in [3.8, 4) is 6.07 Å². The summed E-state index contributed by atoms with van der Waals surface area (Å²) in [7, 11) is 0. The van der Waals surface area contributed by atoms with Crippen LogP contribution in [0.1, 0.15) is 30.9 Å². The van der Waals surface area contributed by atoms with Crippen molar-refractivity contribution in [1.82, 2.24) is 0 Å². The van der Waals surface area contributed by atoms with Crippen LogP contribution in [0.25, 0.3) is 0 Å². The summed E-state index contributed by atoms with van der Waals surface area (Å²) < 4.78 is 0. The minimum atomic E-state index is -0.455. The van der Waals surface area contributed by atoms with Crippen LogP contribution in [-0.2, 0) is 6.42 Å². The molecule has 138 valence electrons. The smallest absolute Gasteiger partial charge is 0.270 e. The number of nitriles is 1. The zero-order chi connectivity index (χ0) is 19.0. The maximum Gasteiger partial charge on any atom is 0.270 e. The number of benzene rings is 2. The molecule has 0 unspecified atom stereocenters. The van der Waals surface area contributed by atoms with Crippen LogP contribution in [-0.4, -0.2) is 30.1 Å². The van der Waals surface area contributed by atoms with E-state index in [1.54, 1.807) is 6.07 Å². The van der Waals surface area contributed by atoms with Gasteiger partial charge in [0.15, 0.2) is 0 Å². The number of fused-ring (bicyclic) bond motifs is 1. The summed E-state index contributed by atoms with van der Waals surface area (Å²) in [5.74, 6) is 0. The highest BCUT2D eigenvalue weighted by Gasteiger charge is 2.33. The van der Waals surface area contributed by atoms with Gasteiger partial charge in [-0.1, -0.05) is 18.2 Å². The molecular formula is C21H22N4O2. The van der Waals surface area contributed by atoms with E-state index < -0.39 is 4.92 Å². The van der Waals surface area contributed by atoms with Crippen molar-refractivity contribution < 1.29 is 4.92 Å². The molecule has 1 fully saturated rings. The summed E-state index contributed by atoms with van der Waals surface area (Å²) in [6.07, 6.45) is 3.12. The van der Waals surface area contributed by atoms with Crippen molar-refractivity contribution in [1.29, 1.82) is 5.26 Å². The zero-order valence-corrected chi connectivity index (χ0v) is 15.3. The van der Waals surface area contributed by atoms with E-state index in [-0.39, 0.29) is 5.69 Å². The van der Waals surface area contributed by atoms with E-state index >= 15 is 0 Å². The van der Waals surface area contributed by atoms with Crippen molar-refractivity contribution in [3.05, 3.63) is 63.7 Å². The number of hydrogen-bond acceptors (Lipinski definition) is 5. The molecule has 6 heteroatoms. The first-order valence-electron chi connectivity index (χ1n) is 9.38. The number of piperidine rings is 1. The first-order chi connectivity index (χ1) is 13.1. The number of nitrogens with zero attached hydrogens (tertiary/aromatic N) is 4. The van der Waals surface area contributed by atoms with Crippen LogP contribution in [0.4, 0.5) is 17.1 Å². The Labute approximate surface area is 158 Å². The minimum absolute atomic E-state index is 0.0346. The summed E-state index contributed by atoms with van der Waals surface area (Å²) in [5, 5.41) is 20.4. The van der Waals surface area contributed by atoms with Gasteiger partial charge in [-0.2, -0.15) is 5.26 Å². The molecule has 1 atom stereocenters. The summed E-state index contributed by atoms with van der Waals surface area (Å²) >= 11 is 0. The molecule has 0 saturated carbocycles. The maximum absolute atomic E-state index is 11.0. The third kappa shape index (κ3) is 3.10. The van der Waals surface area contributed by atoms with E-state index in [0.29, 0.717) is 17.6 Å². The number of hydrogen-bond donors (Lipinski definition) is 0. The molecule has 0 radical (unpaired) electrons. The lowest BCUT2D eigenvalue weighted by Gasteiger charge is -2.41. The molecule has 27 heavy (non-hydrogen) atoms. The molecule has 2 aromatic carbocycles. The lowest BCUT2D eigenvalue weighted by Crippen LogP contribution is -2.47. The SMILES string of the molecule is C[C@@H]1Cc2ccccc2N1C1CCN(c2ccc([N+](=O)[O-])cc2C#N)CC1. The van der Waals surface area contributed by atoms with Gasteiger partial charge in [0.05, 0.1) is 16.2 Å². The number of anilines is 2. The molecule has 2 heterocycles. The van der Waals surface area contributed by atoms with Crippen molar-refractivity contribution in [2.45, 2.75) is 38.3 Å². The van der Waals surface area contributed by atoms with Gasteiger partial charge in [0.25, 0.3) is 5.69 Å². The van der Waals surface area contributed by atoms with Crippen LogP contribution in [0.15, 0.2) is 42.5 Å². The highest BCUT2D eigenvalue weighted by molar-refractivity contribution is 5.64. The molecule has 0 amide bonds. The standard InChI is InChI=1S/C21H22N4O2/c1-15-12-16-4-2-3-5-21(16)24(15)18-8-10-23(11-9-18)20-7-6-19(25(26)27)13-17(20)14-22/h2-7,13,15,18H,8-12H2,1H3/t15-/m1/s1. The Morgan fingerprint density at radius 2 is 1.89 bits per heavy atom. The zero-order valence-electron chi connectivity index (χ0n) is 15.3. The van der Waals surface area contributed by atoms with Gasteiger partial charge in [-0.05, 0) is 43.9 Å². The number of nitro groups is 1. The predicted octanol–water partition coefficient (Wildman–Crippen LogP) is 3.89. The van der Waals surface area contributed by atoms with Crippen LogP contribution in [0, 0.1) is 21.4 Å². The molecule has 0 spiro atoms. The maximum atomic E-state index is 11.0. The predicted molar refractivity (Wildman–Crippen MR) is 105 cm³/mol. The Morgan fingerprint density at radius 1 is 1.15 bits per heavy atom. The second-order valence-corrected chi connectivity index (χ2v) is 7.38. The molecule has 0 N–H and O–H groups in total. The van der Waals surface area contributed by atoms with Crippen LogP contribution < -0.4 is 9.80 Å². The van der Waals surface area contributed by atoms with Crippen molar-refractivity contribution in [2.75, 3.05) is 22.9 Å². The Morgan fingerprint density at radius 3 is 2.59 bits per heavy atom. The highest BCUT2D eigenvalue weighted by Crippen LogP contribution is 2.37. The van der Waals surface area contributed by atoms with E-state index in [1.165, 1.54) is 23.4 Å². The Bertz CT molecular complexity index is 913. The fraction of sp³-hybridized carbons (Fsp3) is 0.381. The van der Waals surface area contributed by atoms with E-state index in [0.717, 1.165) is 38.0 Å². The summed E-state index contributed by atoms with van der Waals surface area (Å²) in [5.41, 5.74) is 3.93. The van der Waals surface area contributed by atoms with E-state index in [9.17, 15) is 15.4 Å². The van der Waals surface area contributed by atoms with Gasteiger partial charge in [-0.3, -0.25) is 10.1 Å². The fourth-order valence-corrected chi connectivity index (χ4v) is 4.53. The van der Waals surface area contributed by atoms with E-state index in [4.69, 9.17) is 0 Å². The third-order valence-electron chi connectivity index (χ3n) is 5.77. The second-order valence-electron chi connectivity index (χ2n) is 7.38. The van der Waals surface area contributed by atoms with Crippen LogP contribution >= 0.6 is 0 Å². The summed E-state index contributed by atoms with van der Waals surface area (Å²) in [4.78, 5) is 15.2. The average molecular weight is 362 g/mol. The molecule has 1 saturated heterocycles. The molecule has 0 aromatic heterocycles. The van der Waals surface area contributed by atoms with Gasteiger partial charge in [-0.15, -0.1) is 0 Å². The molecule has 0 aliphatic carbocycles. The molecular weight excluding hydrogens is 340 g/mol. The molecule has 0 bridgehead atoms. The van der Waals surface area contributed by atoms with Gasteiger partial charge in [0.1, 0.15) is 6.07 Å². The van der Waals surface area contributed by atoms with E-state index in [1.807, 2.05) is 0 Å². The Hall–Kier alpha value is -3.07.